The summed E-state index contributed by atoms with van der Waals surface area (Å²) in [6.07, 6.45) is 8.63. The number of rotatable bonds is 6. The molecule has 5 nitrogen and oxygen atoms in total. The Labute approximate surface area is 166 Å². The van der Waals surface area contributed by atoms with Crippen molar-refractivity contribution in [3.63, 3.8) is 0 Å². The van der Waals surface area contributed by atoms with Gasteiger partial charge in [-0.25, -0.2) is 0 Å². The highest BCUT2D eigenvalue weighted by Crippen LogP contribution is 2.23. The minimum Gasteiger partial charge on any atom is -0.457 e. The monoisotopic (exact) mass is 375 g/mol. The maximum Gasteiger partial charge on any atom is 0.267 e. The van der Waals surface area contributed by atoms with Crippen LogP contribution in [0.3, 0.4) is 0 Å². The Bertz CT molecular complexity index is 830. The standard InChI is InChI=1S/C23H25N3O2/c24-16-18(17-25-19-8-4-1-2-5-9-19)23(27)26-20-12-14-22(15-13-20)28-21-10-6-3-7-11-21/h3,6-7,10-15,17,19,25H,1-2,4-5,8-9H2,(H,26,27)/b18-17-. The number of hydrogen-bond acceptors (Lipinski definition) is 4. The SMILES string of the molecule is N#C/C(=C/NC1CCCCCC1)C(=O)Nc1ccc(Oc2ccccc2)cc1. The number of hydrogen-bond donors (Lipinski definition) is 2. The molecule has 0 atom stereocenters. The largest absolute Gasteiger partial charge is 0.457 e. The van der Waals surface area contributed by atoms with E-state index in [0.29, 0.717) is 17.5 Å². The summed E-state index contributed by atoms with van der Waals surface area (Å²) in [5, 5.41) is 15.3. The van der Waals surface area contributed by atoms with Gasteiger partial charge in [-0.15, -0.1) is 0 Å². The fraction of sp³-hybridized carbons (Fsp3) is 0.304. The second kappa shape index (κ2) is 10.2. The molecule has 3 rings (SSSR count). The van der Waals surface area contributed by atoms with Crippen molar-refractivity contribution in [2.24, 2.45) is 0 Å². The third-order valence-corrected chi connectivity index (χ3v) is 4.77. The van der Waals surface area contributed by atoms with Gasteiger partial charge in [0, 0.05) is 17.9 Å². The molecule has 1 saturated carbocycles. The molecule has 1 aliphatic carbocycles. The second-order valence-electron chi connectivity index (χ2n) is 6.92. The summed E-state index contributed by atoms with van der Waals surface area (Å²) in [5.74, 6) is 1.01. The summed E-state index contributed by atoms with van der Waals surface area (Å²) in [7, 11) is 0. The topological polar surface area (TPSA) is 74.2 Å². The van der Waals surface area contributed by atoms with E-state index in [-0.39, 0.29) is 5.57 Å². The van der Waals surface area contributed by atoms with Crippen LogP contribution < -0.4 is 15.4 Å². The zero-order valence-electron chi connectivity index (χ0n) is 15.9. The number of para-hydroxylation sites is 1. The van der Waals surface area contributed by atoms with Crippen LogP contribution >= 0.6 is 0 Å². The van der Waals surface area contributed by atoms with E-state index < -0.39 is 5.91 Å². The molecule has 0 unspecified atom stereocenters. The second-order valence-corrected chi connectivity index (χ2v) is 6.92. The molecule has 2 aromatic carbocycles. The van der Waals surface area contributed by atoms with Gasteiger partial charge in [0.2, 0.25) is 0 Å². The first-order chi connectivity index (χ1) is 13.7. The van der Waals surface area contributed by atoms with Crippen molar-refractivity contribution in [1.29, 1.82) is 5.26 Å². The zero-order valence-corrected chi connectivity index (χ0v) is 15.9. The molecule has 2 N–H and O–H groups in total. The number of amides is 1. The Hall–Kier alpha value is -3.26. The van der Waals surface area contributed by atoms with Crippen LogP contribution in [0.1, 0.15) is 38.5 Å². The van der Waals surface area contributed by atoms with Crippen LogP contribution in [0.15, 0.2) is 66.4 Å². The first kappa shape index (κ1) is 19.5. The third kappa shape index (κ3) is 5.88. The van der Waals surface area contributed by atoms with Gasteiger partial charge >= 0.3 is 0 Å². The Morgan fingerprint density at radius 2 is 1.61 bits per heavy atom. The number of carbonyl (C=O) groups is 1. The van der Waals surface area contributed by atoms with Gasteiger partial charge in [-0.3, -0.25) is 4.79 Å². The van der Waals surface area contributed by atoms with E-state index in [0.717, 1.165) is 18.6 Å². The molecular formula is C23H25N3O2. The number of benzene rings is 2. The van der Waals surface area contributed by atoms with E-state index in [2.05, 4.69) is 10.6 Å². The third-order valence-electron chi connectivity index (χ3n) is 4.77. The molecule has 144 valence electrons. The maximum absolute atomic E-state index is 12.4. The molecule has 0 saturated heterocycles. The van der Waals surface area contributed by atoms with E-state index in [1.807, 2.05) is 36.4 Å². The molecule has 1 amide bonds. The Balaban J connectivity index is 1.56. The maximum atomic E-state index is 12.4. The molecule has 0 bridgehead atoms. The van der Waals surface area contributed by atoms with Crippen molar-refractivity contribution in [3.8, 4) is 17.6 Å². The summed E-state index contributed by atoms with van der Waals surface area (Å²) in [6, 6.07) is 18.9. The normalized spacial score (nSPS) is 15.2. The van der Waals surface area contributed by atoms with Crippen molar-refractivity contribution in [2.45, 2.75) is 44.6 Å². The van der Waals surface area contributed by atoms with Crippen LogP contribution in [0, 0.1) is 11.3 Å². The smallest absolute Gasteiger partial charge is 0.267 e. The highest BCUT2D eigenvalue weighted by atomic mass is 16.5. The van der Waals surface area contributed by atoms with Crippen molar-refractivity contribution < 1.29 is 9.53 Å². The van der Waals surface area contributed by atoms with Gasteiger partial charge in [-0.05, 0) is 49.2 Å². The number of carbonyl (C=O) groups excluding carboxylic acids is 1. The lowest BCUT2D eigenvalue weighted by molar-refractivity contribution is -0.112. The fourth-order valence-corrected chi connectivity index (χ4v) is 3.23. The quantitative estimate of drug-likeness (QED) is 0.417. The number of ether oxygens (including phenoxy) is 1. The zero-order chi connectivity index (χ0) is 19.6. The summed E-state index contributed by atoms with van der Waals surface area (Å²) >= 11 is 0. The average molecular weight is 375 g/mol. The van der Waals surface area contributed by atoms with Gasteiger partial charge < -0.3 is 15.4 Å². The lowest BCUT2D eigenvalue weighted by atomic mass is 10.1. The minimum atomic E-state index is -0.416. The molecule has 5 heteroatoms. The molecule has 0 aromatic heterocycles. The molecule has 0 aliphatic heterocycles. The van der Waals surface area contributed by atoms with Crippen LogP contribution in [-0.2, 0) is 4.79 Å². The fourth-order valence-electron chi connectivity index (χ4n) is 3.23. The lowest BCUT2D eigenvalue weighted by Gasteiger charge is -2.14. The van der Waals surface area contributed by atoms with Gasteiger partial charge in [0.25, 0.3) is 5.91 Å². The van der Waals surface area contributed by atoms with E-state index >= 15 is 0 Å². The van der Waals surface area contributed by atoms with Crippen LogP contribution in [0.5, 0.6) is 11.5 Å². The molecule has 0 heterocycles. The van der Waals surface area contributed by atoms with Crippen molar-refractivity contribution in [1.82, 2.24) is 5.32 Å². The first-order valence-electron chi connectivity index (χ1n) is 9.75. The van der Waals surface area contributed by atoms with Crippen LogP contribution in [0.25, 0.3) is 0 Å². The van der Waals surface area contributed by atoms with E-state index in [9.17, 15) is 10.1 Å². The number of nitrogens with one attached hydrogen (secondary N) is 2. The Morgan fingerprint density at radius 1 is 0.964 bits per heavy atom. The van der Waals surface area contributed by atoms with Crippen LogP contribution in [0.4, 0.5) is 5.69 Å². The predicted octanol–water partition coefficient (Wildman–Crippen LogP) is 5.14. The van der Waals surface area contributed by atoms with Crippen molar-refractivity contribution in [3.05, 3.63) is 66.4 Å². The van der Waals surface area contributed by atoms with Crippen molar-refractivity contribution in [2.75, 3.05) is 5.32 Å². The number of nitriles is 1. The summed E-state index contributed by atoms with van der Waals surface area (Å²) < 4.78 is 5.74. The summed E-state index contributed by atoms with van der Waals surface area (Å²) in [5.41, 5.74) is 0.690. The van der Waals surface area contributed by atoms with Gasteiger partial charge in [0.15, 0.2) is 0 Å². The molecule has 2 aromatic rings. The predicted molar refractivity (Wildman–Crippen MR) is 110 cm³/mol. The minimum absolute atomic E-state index is 0.0776. The van der Waals surface area contributed by atoms with Crippen LogP contribution in [0.2, 0.25) is 0 Å². The van der Waals surface area contributed by atoms with Crippen LogP contribution in [-0.4, -0.2) is 11.9 Å². The molecule has 0 spiro atoms. The van der Waals surface area contributed by atoms with Gasteiger partial charge in [-0.1, -0.05) is 43.9 Å². The summed E-state index contributed by atoms with van der Waals surface area (Å²) in [4.78, 5) is 12.4. The highest BCUT2D eigenvalue weighted by Gasteiger charge is 2.13. The molecule has 1 aliphatic rings. The van der Waals surface area contributed by atoms with E-state index in [4.69, 9.17) is 4.74 Å². The van der Waals surface area contributed by atoms with Gasteiger partial charge in [0.05, 0.1) is 0 Å². The molecule has 1 fully saturated rings. The molecular weight excluding hydrogens is 350 g/mol. The van der Waals surface area contributed by atoms with Gasteiger partial charge in [0.1, 0.15) is 23.1 Å². The van der Waals surface area contributed by atoms with E-state index in [1.54, 1.807) is 30.5 Å². The molecule has 0 radical (unpaired) electrons. The number of anilines is 1. The summed E-state index contributed by atoms with van der Waals surface area (Å²) in [6.45, 7) is 0. The first-order valence-corrected chi connectivity index (χ1v) is 9.75. The molecule has 28 heavy (non-hydrogen) atoms. The Morgan fingerprint density at radius 3 is 2.25 bits per heavy atom. The highest BCUT2D eigenvalue weighted by molar-refractivity contribution is 6.06. The van der Waals surface area contributed by atoms with Crippen molar-refractivity contribution >= 4 is 11.6 Å². The Kier molecular flexibility index (Phi) is 7.08. The lowest BCUT2D eigenvalue weighted by Crippen LogP contribution is -2.25. The average Bonchev–Trinajstić information content (AvgIpc) is 3.00. The van der Waals surface area contributed by atoms with E-state index in [1.165, 1.54) is 25.7 Å². The van der Waals surface area contributed by atoms with Gasteiger partial charge in [-0.2, -0.15) is 5.26 Å². The number of nitrogens with zero attached hydrogens (tertiary/aromatic N) is 1.